The zero-order valence-corrected chi connectivity index (χ0v) is 21.2. The summed E-state index contributed by atoms with van der Waals surface area (Å²) in [5, 5.41) is 0. The van der Waals surface area contributed by atoms with Crippen LogP contribution >= 0.6 is 15.9 Å². The van der Waals surface area contributed by atoms with Gasteiger partial charge in [-0.05, 0) is 63.6 Å². The first kappa shape index (κ1) is 22.9. The van der Waals surface area contributed by atoms with Crippen molar-refractivity contribution in [1.82, 2.24) is 0 Å². The topological polar surface area (TPSA) is 18.5 Å². The molecule has 5 rings (SSSR count). The fourth-order valence-corrected chi connectivity index (χ4v) is 5.13. The lowest BCUT2D eigenvalue weighted by atomic mass is 9.78. The number of fused-ring (bicyclic) bond motifs is 1. The molecule has 0 amide bonds. The van der Waals surface area contributed by atoms with Gasteiger partial charge in [-0.25, -0.2) is 0 Å². The predicted octanol–water partition coefficient (Wildman–Crippen LogP) is 8.55. The van der Waals surface area contributed by atoms with E-state index in [1.165, 1.54) is 27.8 Å². The fraction of sp³-hybridized carbons (Fsp3) is 0.226. The van der Waals surface area contributed by atoms with E-state index in [1.54, 1.807) is 0 Å². The highest BCUT2D eigenvalue weighted by Gasteiger charge is 2.34. The van der Waals surface area contributed by atoms with Crippen molar-refractivity contribution in [3.8, 4) is 5.75 Å². The molecule has 2 unspecified atom stereocenters. The molecule has 0 N–H and O–H groups in total. The lowest BCUT2D eigenvalue weighted by molar-refractivity contribution is 0.0141. The molecule has 1 aliphatic heterocycles. The van der Waals surface area contributed by atoms with Crippen LogP contribution in [-0.2, 0) is 18.0 Å². The molecule has 1 aliphatic rings. The predicted molar refractivity (Wildman–Crippen MR) is 141 cm³/mol. The molecule has 0 bridgehead atoms. The average molecular weight is 513 g/mol. The van der Waals surface area contributed by atoms with Gasteiger partial charge in [-0.2, -0.15) is 0 Å². The summed E-state index contributed by atoms with van der Waals surface area (Å²) in [5.74, 6) is 1.42. The van der Waals surface area contributed by atoms with Crippen molar-refractivity contribution in [3.63, 3.8) is 0 Å². The van der Waals surface area contributed by atoms with Gasteiger partial charge in [0.05, 0.1) is 12.7 Å². The number of hydrogen-bond donors (Lipinski definition) is 0. The third-order valence-corrected chi connectivity index (χ3v) is 7.10. The first-order valence-electron chi connectivity index (χ1n) is 11.9. The molecule has 4 aromatic carbocycles. The number of benzene rings is 4. The zero-order chi connectivity index (χ0) is 23.5. The van der Waals surface area contributed by atoms with Crippen molar-refractivity contribution in [3.05, 3.63) is 135 Å². The summed E-state index contributed by atoms with van der Waals surface area (Å²) < 4.78 is 13.8. The number of hydrogen-bond acceptors (Lipinski definition) is 2. The molecule has 0 spiro atoms. The minimum atomic E-state index is -0.0386. The molecule has 2 nitrogen and oxygen atoms in total. The average Bonchev–Trinajstić information content (AvgIpc) is 2.88. The Morgan fingerprint density at radius 1 is 0.853 bits per heavy atom. The Morgan fingerprint density at radius 3 is 2.35 bits per heavy atom. The molecular formula is C31H29BrO2. The molecule has 0 saturated carbocycles. The number of halogens is 1. The minimum absolute atomic E-state index is 0.0386. The molecule has 0 fully saturated rings. The van der Waals surface area contributed by atoms with E-state index < -0.39 is 0 Å². The van der Waals surface area contributed by atoms with E-state index in [9.17, 15) is 0 Å². The number of rotatable bonds is 6. The highest BCUT2D eigenvalue weighted by molar-refractivity contribution is 9.10. The van der Waals surface area contributed by atoms with E-state index in [-0.39, 0.29) is 12.0 Å². The smallest absolute Gasteiger partial charge is 0.120 e. The minimum Gasteiger partial charge on any atom is -0.489 e. The van der Waals surface area contributed by atoms with E-state index in [1.807, 2.05) is 18.2 Å². The van der Waals surface area contributed by atoms with Crippen molar-refractivity contribution in [1.29, 1.82) is 0 Å². The van der Waals surface area contributed by atoms with Gasteiger partial charge in [0.15, 0.2) is 0 Å². The fourth-order valence-electron chi connectivity index (χ4n) is 4.87. The molecular weight excluding hydrogens is 484 g/mol. The Labute approximate surface area is 210 Å². The number of ether oxygens (including phenoxy) is 2. The molecule has 2 atom stereocenters. The van der Waals surface area contributed by atoms with Crippen LogP contribution in [0.15, 0.2) is 102 Å². The Morgan fingerprint density at radius 2 is 1.59 bits per heavy atom. The van der Waals surface area contributed by atoms with Gasteiger partial charge < -0.3 is 9.47 Å². The summed E-state index contributed by atoms with van der Waals surface area (Å²) in [7, 11) is 0. The Balaban J connectivity index is 1.52. The Bertz CT molecular complexity index is 1250. The summed E-state index contributed by atoms with van der Waals surface area (Å²) >= 11 is 3.59. The van der Waals surface area contributed by atoms with Gasteiger partial charge in [0, 0.05) is 10.4 Å². The molecule has 0 saturated heterocycles. The van der Waals surface area contributed by atoms with Crippen molar-refractivity contribution >= 4 is 15.9 Å². The first-order chi connectivity index (χ1) is 16.6. The summed E-state index contributed by atoms with van der Waals surface area (Å²) in [6.07, 6.45) is -0.0386. The van der Waals surface area contributed by atoms with Gasteiger partial charge in [0.2, 0.25) is 0 Å². The maximum absolute atomic E-state index is 6.63. The summed E-state index contributed by atoms with van der Waals surface area (Å²) in [5.41, 5.74) is 7.54. The molecule has 0 aromatic heterocycles. The summed E-state index contributed by atoms with van der Waals surface area (Å²) in [6.45, 7) is 5.63. The normalized spacial score (nSPS) is 17.4. The van der Waals surface area contributed by atoms with Crippen LogP contribution in [0, 0.1) is 0 Å². The van der Waals surface area contributed by atoms with Gasteiger partial charge >= 0.3 is 0 Å². The van der Waals surface area contributed by atoms with E-state index in [2.05, 4.69) is 109 Å². The highest BCUT2D eigenvalue weighted by atomic mass is 79.9. The van der Waals surface area contributed by atoms with Crippen LogP contribution in [0.1, 0.15) is 65.2 Å². The van der Waals surface area contributed by atoms with Crippen LogP contribution in [0.2, 0.25) is 0 Å². The van der Waals surface area contributed by atoms with Crippen LogP contribution in [0.3, 0.4) is 0 Å². The molecule has 172 valence electrons. The SMILES string of the molecule is CC(C)c1ccccc1C1OCc2cc(OCc3ccccc3)ccc2C1c1ccc(Br)cc1. The quantitative estimate of drug-likeness (QED) is 0.257. The standard InChI is InChI=1S/C31H29BrO2/c1-21(2)27-10-6-7-11-29(27)31-30(23-12-14-25(32)15-13-23)28-17-16-26(18-24(28)20-34-31)33-19-22-8-4-3-5-9-22/h3-18,21,30-31H,19-20H2,1-2H3. The molecule has 4 aromatic rings. The third-order valence-electron chi connectivity index (χ3n) is 6.57. The molecule has 34 heavy (non-hydrogen) atoms. The second-order valence-corrected chi connectivity index (χ2v) is 10.1. The highest BCUT2D eigenvalue weighted by Crippen LogP contribution is 2.47. The maximum Gasteiger partial charge on any atom is 0.120 e. The lowest BCUT2D eigenvalue weighted by Crippen LogP contribution is -2.24. The lowest BCUT2D eigenvalue weighted by Gasteiger charge is -2.36. The van der Waals surface area contributed by atoms with Gasteiger partial charge in [0.1, 0.15) is 12.4 Å². The second-order valence-electron chi connectivity index (χ2n) is 9.18. The van der Waals surface area contributed by atoms with E-state index >= 15 is 0 Å². The first-order valence-corrected chi connectivity index (χ1v) is 12.6. The van der Waals surface area contributed by atoms with Crippen LogP contribution in [0.5, 0.6) is 5.75 Å². The monoisotopic (exact) mass is 512 g/mol. The summed E-state index contributed by atoms with van der Waals surface area (Å²) in [4.78, 5) is 0. The van der Waals surface area contributed by atoms with E-state index in [4.69, 9.17) is 9.47 Å². The second kappa shape index (κ2) is 10.2. The van der Waals surface area contributed by atoms with Crippen molar-refractivity contribution in [2.45, 2.75) is 45.0 Å². The van der Waals surface area contributed by atoms with E-state index in [0.29, 0.717) is 19.1 Å². The van der Waals surface area contributed by atoms with E-state index in [0.717, 1.165) is 15.8 Å². The Hall–Kier alpha value is -2.88. The third kappa shape index (κ3) is 4.82. The molecule has 3 heteroatoms. The van der Waals surface area contributed by atoms with Crippen molar-refractivity contribution in [2.24, 2.45) is 0 Å². The molecule has 0 aliphatic carbocycles. The Kier molecular flexibility index (Phi) is 6.85. The van der Waals surface area contributed by atoms with Gasteiger partial charge in [0.25, 0.3) is 0 Å². The van der Waals surface area contributed by atoms with Crippen LogP contribution in [-0.4, -0.2) is 0 Å². The van der Waals surface area contributed by atoms with Crippen molar-refractivity contribution in [2.75, 3.05) is 0 Å². The largest absolute Gasteiger partial charge is 0.489 e. The summed E-state index contributed by atoms with van der Waals surface area (Å²) in [6, 6.07) is 34.1. The van der Waals surface area contributed by atoms with Crippen LogP contribution < -0.4 is 4.74 Å². The zero-order valence-electron chi connectivity index (χ0n) is 19.6. The van der Waals surface area contributed by atoms with Crippen LogP contribution in [0.25, 0.3) is 0 Å². The molecule has 1 heterocycles. The van der Waals surface area contributed by atoms with Gasteiger partial charge in [-0.3, -0.25) is 0 Å². The van der Waals surface area contributed by atoms with Crippen molar-refractivity contribution < 1.29 is 9.47 Å². The van der Waals surface area contributed by atoms with Crippen LogP contribution in [0.4, 0.5) is 0 Å². The maximum atomic E-state index is 6.63. The molecule has 0 radical (unpaired) electrons. The van der Waals surface area contributed by atoms with Gasteiger partial charge in [-0.15, -0.1) is 0 Å². The van der Waals surface area contributed by atoms with Gasteiger partial charge in [-0.1, -0.05) is 103 Å².